The van der Waals surface area contributed by atoms with Crippen molar-refractivity contribution in [1.82, 2.24) is 15.3 Å². The van der Waals surface area contributed by atoms with Crippen LogP contribution in [0, 0.1) is 13.8 Å². The first-order valence-corrected chi connectivity index (χ1v) is 10.4. The van der Waals surface area contributed by atoms with Crippen LogP contribution in [0.25, 0.3) is 5.69 Å². The number of carbonyl (C=O) groups is 2. The lowest BCUT2D eigenvalue weighted by Crippen LogP contribution is -2.39. The van der Waals surface area contributed by atoms with Crippen LogP contribution in [-0.4, -0.2) is 22.6 Å². The van der Waals surface area contributed by atoms with E-state index in [0.717, 1.165) is 28.2 Å². The van der Waals surface area contributed by atoms with Crippen molar-refractivity contribution in [2.45, 2.75) is 26.8 Å². The van der Waals surface area contributed by atoms with Gasteiger partial charge >= 0.3 is 11.8 Å². The highest BCUT2D eigenvalue weighted by Crippen LogP contribution is 2.31. The van der Waals surface area contributed by atoms with Gasteiger partial charge in [-0.15, -0.1) is 0 Å². The molecule has 160 valence electrons. The van der Waals surface area contributed by atoms with Crippen molar-refractivity contribution < 1.29 is 9.59 Å². The summed E-state index contributed by atoms with van der Waals surface area (Å²) in [4.78, 5) is 24.2. The fourth-order valence-corrected chi connectivity index (χ4v) is 3.63. The summed E-state index contributed by atoms with van der Waals surface area (Å²) in [6.45, 7) is 5.64. The van der Waals surface area contributed by atoms with Crippen molar-refractivity contribution >= 4 is 41.2 Å². The van der Waals surface area contributed by atoms with E-state index >= 15 is 0 Å². The number of aromatic nitrogens is 1. The summed E-state index contributed by atoms with van der Waals surface area (Å²) in [7, 11) is 0. The van der Waals surface area contributed by atoms with Gasteiger partial charge in [-0.2, -0.15) is 5.10 Å². The smallest absolute Gasteiger partial charge is 0.329 e. The van der Waals surface area contributed by atoms with Crippen LogP contribution in [0.1, 0.15) is 35.5 Å². The molecular weight excluding hydrogens is 435 g/mol. The molecule has 31 heavy (non-hydrogen) atoms. The molecule has 0 aliphatic carbocycles. The van der Waals surface area contributed by atoms with Crippen molar-refractivity contribution in [3.05, 3.63) is 87.2 Å². The summed E-state index contributed by atoms with van der Waals surface area (Å²) in [5.74, 6) is -1.60. The molecule has 0 fully saturated rings. The summed E-state index contributed by atoms with van der Waals surface area (Å²) in [5.41, 5.74) is 6.47. The molecule has 0 saturated carbocycles. The van der Waals surface area contributed by atoms with Gasteiger partial charge in [-0.1, -0.05) is 59.6 Å². The standard InChI is InChI=1S/C23H22Cl2N4O2/c1-14-12-18(16(3)29(14)20-11-7-10-19(24)21(20)25)13-26-28-23(31)22(30)27-15(2)17-8-5-4-6-9-17/h4-13,15H,1-3H3,(H,27,30)(H,28,31)/b26-13-/t15-/m1/s1. The minimum atomic E-state index is -0.842. The lowest BCUT2D eigenvalue weighted by atomic mass is 10.1. The molecule has 0 spiro atoms. The van der Waals surface area contributed by atoms with Gasteiger partial charge in [0, 0.05) is 17.0 Å². The molecule has 0 bridgehead atoms. The third-order valence-corrected chi connectivity index (χ3v) is 5.67. The zero-order valence-corrected chi connectivity index (χ0v) is 18.8. The third kappa shape index (κ3) is 5.16. The largest absolute Gasteiger partial charge is 0.341 e. The number of amides is 2. The van der Waals surface area contributed by atoms with Gasteiger partial charge in [0.2, 0.25) is 0 Å². The van der Waals surface area contributed by atoms with Crippen LogP contribution < -0.4 is 10.7 Å². The van der Waals surface area contributed by atoms with E-state index in [4.69, 9.17) is 23.2 Å². The minimum Gasteiger partial charge on any atom is -0.341 e. The molecule has 0 aliphatic heterocycles. The highest BCUT2D eigenvalue weighted by atomic mass is 35.5. The quantitative estimate of drug-likeness (QED) is 0.330. The monoisotopic (exact) mass is 456 g/mol. The minimum absolute atomic E-state index is 0.301. The maximum atomic E-state index is 12.1. The second-order valence-electron chi connectivity index (χ2n) is 7.04. The number of carbonyl (C=O) groups excluding carboxylic acids is 2. The molecule has 0 aliphatic rings. The maximum Gasteiger partial charge on any atom is 0.329 e. The first-order valence-electron chi connectivity index (χ1n) is 9.61. The summed E-state index contributed by atoms with van der Waals surface area (Å²) in [6.07, 6.45) is 1.49. The van der Waals surface area contributed by atoms with Gasteiger partial charge in [-0.05, 0) is 44.5 Å². The van der Waals surface area contributed by atoms with Crippen LogP contribution >= 0.6 is 23.2 Å². The van der Waals surface area contributed by atoms with E-state index in [1.165, 1.54) is 6.21 Å². The Labute approximate surface area is 190 Å². The lowest BCUT2D eigenvalue weighted by molar-refractivity contribution is -0.139. The number of hydrogen-bond acceptors (Lipinski definition) is 3. The van der Waals surface area contributed by atoms with E-state index in [1.807, 2.05) is 66.9 Å². The SMILES string of the molecule is Cc1cc(/C=N\NC(=O)C(=O)N[C@H](C)c2ccccc2)c(C)n1-c1cccc(Cl)c1Cl. The molecule has 0 unspecified atom stereocenters. The molecule has 1 atom stereocenters. The highest BCUT2D eigenvalue weighted by Gasteiger charge is 2.17. The van der Waals surface area contributed by atoms with E-state index in [2.05, 4.69) is 15.8 Å². The summed E-state index contributed by atoms with van der Waals surface area (Å²) in [5, 5.41) is 7.49. The molecule has 2 N–H and O–H groups in total. The van der Waals surface area contributed by atoms with E-state index in [9.17, 15) is 9.59 Å². The second kappa shape index (κ2) is 9.81. The van der Waals surface area contributed by atoms with Crippen LogP contribution in [0.2, 0.25) is 10.0 Å². The number of aryl methyl sites for hydroxylation is 1. The molecular formula is C23H22Cl2N4O2. The normalized spacial score (nSPS) is 12.0. The predicted octanol–water partition coefficient (Wildman–Crippen LogP) is 4.73. The van der Waals surface area contributed by atoms with E-state index in [0.29, 0.717) is 10.0 Å². The Bertz CT molecular complexity index is 1140. The Morgan fingerprint density at radius 1 is 1.03 bits per heavy atom. The molecule has 1 aromatic heterocycles. The molecule has 1 heterocycles. The molecule has 6 nitrogen and oxygen atoms in total. The van der Waals surface area contributed by atoms with Crippen molar-refractivity contribution in [3.63, 3.8) is 0 Å². The number of rotatable bonds is 5. The molecule has 8 heteroatoms. The predicted molar refractivity (Wildman–Crippen MR) is 124 cm³/mol. The molecule has 2 amide bonds. The van der Waals surface area contributed by atoms with Crippen LogP contribution in [0.15, 0.2) is 59.7 Å². The van der Waals surface area contributed by atoms with E-state index in [1.54, 1.807) is 13.0 Å². The summed E-state index contributed by atoms with van der Waals surface area (Å²) in [6, 6.07) is 16.4. The molecule has 3 rings (SSSR count). The molecule has 3 aromatic rings. The molecule has 0 radical (unpaired) electrons. The third-order valence-electron chi connectivity index (χ3n) is 4.87. The molecule has 2 aromatic carbocycles. The van der Waals surface area contributed by atoms with E-state index < -0.39 is 11.8 Å². The highest BCUT2D eigenvalue weighted by molar-refractivity contribution is 6.43. The topological polar surface area (TPSA) is 75.5 Å². The number of nitrogens with one attached hydrogen (secondary N) is 2. The number of hydrazone groups is 1. The Kier molecular flexibility index (Phi) is 7.15. The number of benzene rings is 2. The summed E-state index contributed by atoms with van der Waals surface area (Å²) < 4.78 is 1.95. The zero-order valence-electron chi connectivity index (χ0n) is 17.3. The maximum absolute atomic E-state index is 12.1. The van der Waals surface area contributed by atoms with Crippen LogP contribution in [-0.2, 0) is 9.59 Å². The van der Waals surface area contributed by atoms with Gasteiger partial charge in [-0.3, -0.25) is 9.59 Å². The number of nitrogens with zero attached hydrogens (tertiary/aromatic N) is 2. The van der Waals surface area contributed by atoms with Crippen molar-refractivity contribution in [3.8, 4) is 5.69 Å². The Balaban J connectivity index is 1.68. The molecule has 0 saturated heterocycles. The van der Waals surface area contributed by atoms with Gasteiger partial charge in [0.25, 0.3) is 0 Å². The van der Waals surface area contributed by atoms with Gasteiger partial charge in [0.15, 0.2) is 0 Å². The van der Waals surface area contributed by atoms with Gasteiger partial charge in [0.05, 0.1) is 28.0 Å². The van der Waals surface area contributed by atoms with Crippen molar-refractivity contribution in [2.24, 2.45) is 5.10 Å². The van der Waals surface area contributed by atoms with Gasteiger partial charge in [0.1, 0.15) is 0 Å². The summed E-state index contributed by atoms with van der Waals surface area (Å²) >= 11 is 12.5. The van der Waals surface area contributed by atoms with Crippen molar-refractivity contribution in [2.75, 3.05) is 0 Å². The first kappa shape index (κ1) is 22.6. The van der Waals surface area contributed by atoms with Crippen LogP contribution in [0.4, 0.5) is 0 Å². The average Bonchev–Trinajstić information content (AvgIpc) is 3.03. The number of halogens is 2. The van der Waals surface area contributed by atoms with Crippen molar-refractivity contribution in [1.29, 1.82) is 0 Å². The van der Waals surface area contributed by atoms with E-state index in [-0.39, 0.29) is 6.04 Å². The lowest BCUT2D eigenvalue weighted by Gasteiger charge is -2.13. The second-order valence-corrected chi connectivity index (χ2v) is 7.82. The Hall–Kier alpha value is -3.09. The zero-order chi connectivity index (χ0) is 22.5. The average molecular weight is 457 g/mol. The van der Waals surface area contributed by atoms with Crippen LogP contribution in [0.5, 0.6) is 0 Å². The fourth-order valence-electron chi connectivity index (χ4n) is 3.25. The Morgan fingerprint density at radius 2 is 1.74 bits per heavy atom. The van der Waals surface area contributed by atoms with Gasteiger partial charge < -0.3 is 9.88 Å². The Morgan fingerprint density at radius 3 is 2.45 bits per heavy atom. The van der Waals surface area contributed by atoms with Crippen LogP contribution in [0.3, 0.4) is 0 Å². The van der Waals surface area contributed by atoms with Gasteiger partial charge in [-0.25, -0.2) is 5.43 Å². The number of hydrogen-bond donors (Lipinski definition) is 2. The fraction of sp³-hybridized carbons (Fsp3) is 0.174. The first-order chi connectivity index (χ1) is 14.8.